The Bertz CT molecular complexity index is 547. The van der Waals surface area contributed by atoms with Crippen LogP contribution < -0.4 is 10.6 Å². The molecular formula is C16H23N3. The van der Waals surface area contributed by atoms with E-state index in [1.54, 1.807) is 0 Å². The summed E-state index contributed by atoms with van der Waals surface area (Å²) in [6, 6.07) is 11.0. The maximum atomic E-state index is 5.77. The van der Waals surface area contributed by atoms with Crippen LogP contribution in [0.15, 0.2) is 30.3 Å². The summed E-state index contributed by atoms with van der Waals surface area (Å²) >= 11 is 0. The third kappa shape index (κ3) is 2.71. The van der Waals surface area contributed by atoms with Gasteiger partial charge in [-0.3, -0.25) is 0 Å². The highest BCUT2D eigenvalue weighted by atomic mass is 15.2. The zero-order valence-electron chi connectivity index (χ0n) is 12.1. The molecule has 1 aromatic carbocycles. The number of fused-ring (bicyclic) bond motifs is 1. The minimum Gasteiger partial charge on any atom is -0.356 e. The number of rotatable bonds is 5. The van der Waals surface area contributed by atoms with Crippen LogP contribution in [0.4, 0.5) is 5.82 Å². The van der Waals surface area contributed by atoms with Crippen molar-refractivity contribution in [1.29, 1.82) is 0 Å². The first-order chi connectivity index (χ1) is 9.21. The molecule has 3 nitrogen and oxygen atoms in total. The van der Waals surface area contributed by atoms with Crippen LogP contribution >= 0.6 is 0 Å². The molecule has 0 unspecified atom stereocenters. The third-order valence-corrected chi connectivity index (χ3v) is 3.81. The van der Waals surface area contributed by atoms with Gasteiger partial charge in [-0.15, -0.1) is 0 Å². The van der Waals surface area contributed by atoms with Crippen molar-refractivity contribution in [3.05, 3.63) is 36.0 Å². The third-order valence-electron chi connectivity index (χ3n) is 3.81. The van der Waals surface area contributed by atoms with Gasteiger partial charge < -0.3 is 10.6 Å². The summed E-state index contributed by atoms with van der Waals surface area (Å²) in [5.41, 5.74) is 6.72. The van der Waals surface area contributed by atoms with Crippen LogP contribution in [0.25, 0.3) is 10.8 Å². The van der Waals surface area contributed by atoms with Gasteiger partial charge in [0.2, 0.25) is 0 Å². The highest BCUT2D eigenvalue weighted by Crippen LogP contribution is 2.27. The number of pyridine rings is 1. The van der Waals surface area contributed by atoms with Crippen molar-refractivity contribution in [1.82, 2.24) is 4.98 Å². The van der Waals surface area contributed by atoms with Crippen molar-refractivity contribution >= 4 is 16.6 Å². The first-order valence-electron chi connectivity index (χ1n) is 7.02. The number of nitrogens with two attached hydrogens (primary N) is 1. The van der Waals surface area contributed by atoms with Crippen molar-refractivity contribution in [2.75, 3.05) is 11.9 Å². The predicted molar refractivity (Wildman–Crippen MR) is 82.4 cm³/mol. The van der Waals surface area contributed by atoms with E-state index in [2.05, 4.69) is 56.1 Å². The topological polar surface area (TPSA) is 42.2 Å². The van der Waals surface area contributed by atoms with Crippen LogP contribution in [0.1, 0.15) is 32.4 Å². The Hall–Kier alpha value is -1.61. The fourth-order valence-corrected chi connectivity index (χ4v) is 2.62. The van der Waals surface area contributed by atoms with Gasteiger partial charge in [-0.2, -0.15) is 0 Å². The Morgan fingerprint density at radius 1 is 1.21 bits per heavy atom. The van der Waals surface area contributed by atoms with Crippen LogP contribution in [0.5, 0.6) is 0 Å². The highest BCUT2D eigenvalue weighted by Gasteiger charge is 2.15. The van der Waals surface area contributed by atoms with E-state index in [1.165, 1.54) is 10.8 Å². The molecule has 2 rings (SSSR count). The Morgan fingerprint density at radius 3 is 2.53 bits per heavy atom. The van der Waals surface area contributed by atoms with Gasteiger partial charge in [-0.05, 0) is 24.3 Å². The lowest BCUT2D eigenvalue weighted by atomic mass is 10.1. The zero-order chi connectivity index (χ0) is 13.8. The number of benzene rings is 1. The van der Waals surface area contributed by atoms with E-state index in [0.29, 0.717) is 12.6 Å². The minimum atomic E-state index is 0.481. The SMILES string of the molecule is CCC(CC)N(C)c1nc(CN)cc2ccccc12. The predicted octanol–water partition coefficient (Wildman–Crippen LogP) is 3.32. The highest BCUT2D eigenvalue weighted by molar-refractivity contribution is 5.92. The summed E-state index contributed by atoms with van der Waals surface area (Å²) in [7, 11) is 2.13. The molecule has 0 aliphatic rings. The fraction of sp³-hybridized carbons (Fsp3) is 0.438. The van der Waals surface area contributed by atoms with Crippen LogP contribution in [0.2, 0.25) is 0 Å². The first kappa shape index (κ1) is 13.8. The standard InChI is InChI=1S/C16H23N3/c1-4-14(5-2)19(3)16-15-9-7-6-8-12(15)10-13(11-17)18-16/h6-10,14H,4-5,11,17H2,1-3H3. The normalized spacial score (nSPS) is 11.2. The van der Waals surface area contributed by atoms with E-state index in [0.717, 1.165) is 24.4 Å². The summed E-state index contributed by atoms with van der Waals surface area (Å²) in [4.78, 5) is 7.03. The zero-order valence-corrected chi connectivity index (χ0v) is 12.1. The molecule has 2 aromatic rings. The molecule has 102 valence electrons. The van der Waals surface area contributed by atoms with Crippen molar-refractivity contribution in [3.8, 4) is 0 Å². The fourth-order valence-electron chi connectivity index (χ4n) is 2.62. The molecule has 0 saturated carbocycles. The Morgan fingerprint density at radius 2 is 1.89 bits per heavy atom. The summed E-state index contributed by atoms with van der Waals surface area (Å²) in [5.74, 6) is 1.05. The van der Waals surface area contributed by atoms with Crippen LogP contribution in [-0.4, -0.2) is 18.1 Å². The van der Waals surface area contributed by atoms with E-state index in [9.17, 15) is 0 Å². The maximum Gasteiger partial charge on any atom is 0.136 e. The Kier molecular flexibility index (Phi) is 4.38. The average molecular weight is 257 g/mol. The molecule has 0 aliphatic carbocycles. The summed E-state index contributed by atoms with van der Waals surface area (Å²) in [6.45, 7) is 4.92. The first-order valence-corrected chi connectivity index (χ1v) is 7.02. The van der Waals surface area contributed by atoms with Gasteiger partial charge in [0.1, 0.15) is 5.82 Å². The smallest absolute Gasteiger partial charge is 0.136 e. The summed E-state index contributed by atoms with van der Waals surface area (Å²) < 4.78 is 0. The van der Waals surface area contributed by atoms with Gasteiger partial charge in [0.15, 0.2) is 0 Å². The second-order valence-corrected chi connectivity index (χ2v) is 4.94. The molecule has 0 amide bonds. The van der Waals surface area contributed by atoms with Gasteiger partial charge >= 0.3 is 0 Å². The average Bonchev–Trinajstić information content (AvgIpc) is 2.47. The molecule has 2 N–H and O–H groups in total. The van der Waals surface area contributed by atoms with Gasteiger partial charge in [-0.25, -0.2) is 4.98 Å². The summed E-state index contributed by atoms with van der Waals surface area (Å²) in [6.07, 6.45) is 2.24. The van der Waals surface area contributed by atoms with Crippen molar-refractivity contribution in [2.24, 2.45) is 5.73 Å². The van der Waals surface area contributed by atoms with Crippen molar-refractivity contribution in [3.63, 3.8) is 0 Å². The van der Waals surface area contributed by atoms with Crippen LogP contribution in [0.3, 0.4) is 0 Å². The molecule has 1 aromatic heterocycles. The van der Waals surface area contributed by atoms with Gasteiger partial charge in [0, 0.05) is 25.0 Å². The quantitative estimate of drug-likeness (QED) is 0.893. The molecule has 1 heterocycles. The minimum absolute atomic E-state index is 0.481. The lowest BCUT2D eigenvalue weighted by Crippen LogP contribution is -2.31. The van der Waals surface area contributed by atoms with Crippen LogP contribution in [-0.2, 0) is 6.54 Å². The van der Waals surface area contributed by atoms with Crippen molar-refractivity contribution < 1.29 is 0 Å². The largest absolute Gasteiger partial charge is 0.356 e. The number of anilines is 1. The number of hydrogen-bond donors (Lipinski definition) is 1. The van der Waals surface area contributed by atoms with Gasteiger partial charge in [0.05, 0.1) is 5.69 Å². The number of aromatic nitrogens is 1. The van der Waals surface area contributed by atoms with Gasteiger partial charge in [-0.1, -0.05) is 38.1 Å². The van der Waals surface area contributed by atoms with E-state index >= 15 is 0 Å². The molecular weight excluding hydrogens is 234 g/mol. The maximum absolute atomic E-state index is 5.77. The molecule has 0 spiro atoms. The van der Waals surface area contributed by atoms with Crippen molar-refractivity contribution in [2.45, 2.75) is 39.3 Å². The monoisotopic (exact) mass is 257 g/mol. The van der Waals surface area contributed by atoms with Crippen LogP contribution in [0, 0.1) is 0 Å². The Balaban J connectivity index is 2.57. The lowest BCUT2D eigenvalue weighted by Gasteiger charge is -2.28. The summed E-state index contributed by atoms with van der Waals surface area (Å²) in [5, 5.41) is 2.42. The molecule has 0 atom stereocenters. The molecule has 0 bridgehead atoms. The van der Waals surface area contributed by atoms with E-state index < -0.39 is 0 Å². The molecule has 19 heavy (non-hydrogen) atoms. The lowest BCUT2D eigenvalue weighted by molar-refractivity contribution is 0.587. The second kappa shape index (κ2) is 6.02. The second-order valence-electron chi connectivity index (χ2n) is 4.94. The molecule has 0 fully saturated rings. The van der Waals surface area contributed by atoms with Gasteiger partial charge in [0.25, 0.3) is 0 Å². The van der Waals surface area contributed by atoms with E-state index in [-0.39, 0.29) is 0 Å². The molecule has 0 saturated heterocycles. The number of hydrogen-bond acceptors (Lipinski definition) is 3. The molecule has 0 radical (unpaired) electrons. The van der Waals surface area contributed by atoms with E-state index in [1.807, 2.05) is 0 Å². The Labute approximate surface area is 115 Å². The van der Waals surface area contributed by atoms with E-state index in [4.69, 9.17) is 10.7 Å². The molecule has 3 heteroatoms. The number of nitrogens with zero attached hydrogens (tertiary/aromatic N) is 2. The molecule has 0 aliphatic heterocycles.